The van der Waals surface area contributed by atoms with E-state index in [0.717, 1.165) is 5.56 Å². The molecule has 0 aliphatic rings. The topological polar surface area (TPSA) is 83.4 Å². The Morgan fingerprint density at radius 2 is 1.68 bits per heavy atom. The fourth-order valence-electron chi connectivity index (χ4n) is 2.74. The molecule has 0 unspecified atom stereocenters. The zero-order valence-electron chi connectivity index (χ0n) is 15.7. The molecule has 0 saturated heterocycles. The fourth-order valence-corrected chi connectivity index (χ4v) is 2.74. The summed E-state index contributed by atoms with van der Waals surface area (Å²) in [5, 5.41) is 8.31. The van der Waals surface area contributed by atoms with Gasteiger partial charge in [0, 0.05) is 17.8 Å². The molecule has 28 heavy (non-hydrogen) atoms. The third-order valence-electron chi connectivity index (χ3n) is 4.15. The monoisotopic (exact) mass is 377 g/mol. The van der Waals surface area contributed by atoms with Gasteiger partial charge in [0.05, 0.1) is 12.8 Å². The number of carbonyl (C=O) groups is 2. The van der Waals surface area contributed by atoms with Crippen LogP contribution in [0.25, 0.3) is 0 Å². The van der Waals surface area contributed by atoms with E-state index < -0.39 is 0 Å². The lowest BCUT2D eigenvalue weighted by molar-refractivity contribution is -0.116. The smallest absolute Gasteiger partial charge is 0.319 e. The van der Waals surface area contributed by atoms with E-state index in [4.69, 9.17) is 4.42 Å². The molecule has 6 nitrogen and oxygen atoms in total. The molecule has 0 aliphatic carbocycles. The van der Waals surface area contributed by atoms with Crippen LogP contribution in [0.3, 0.4) is 0 Å². The minimum absolute atomic E-state index is 0.0431. The van der Waals surface area contributed by atoms with Gasteiger partial charge in [0.1, 0.15) is 5.76 Å². The van der Waals surface area contributed by atoms with E-state index in [1.165, 1.54) is 5.56 Å². The summed E-state index contributed by atoms with van der Waals surface area (Å²) >= 11 is 0. The van der Waals surface area contributed by atoms with Crippen LogP contribution in [0.2, 0.25) is 0 Å². The van der Waals surface area contributed by atoms with Gasteiger partial charge in [-0.25, -0.2) is 4.79 Å². The average molecular weight is 377 g/mol. The number of rotatable bonds is 7. The van der Waals surface area contributed by atoms with Crippen molar-refractivity contribution in [3.05, 3.63) is 83.8 Å². The number of aryl methyl sites for hydroxylation is 2. The average Bonchev–Trinajstić information content (AvgIpc) is 3.20. The minimum atomic E-state index is -0.327. The third-order valence-corrected chi connectivity index (χ3v) is 4.15. The van der Waals surface area contributed by atoms with Crippen molar-refractivity contribution < 1.29 is 14.0 Å². The van der Waals surface area contributed by atoms with Crippen molar-refractivity contribution in [2.24, 2.45) is 0 Å². The van der Waals surface area contributed by atoms with Gasteiger partial charge >= 0.3 is 6.03 Å². The molecule has 0 bridgehead atoms. The van der Waals surface area contributed by atoms with Gasteiger partial charge in [-0.15, -0.1) is 0 Å². The zero-order valence-corrected chi connectivity index (χ0v) is 15.7. The number of carbonyl (C=O) groups excluding carboxylic acids is 2. The van der Waals surface area contributed by atoms with Crippen molar-refractivity contribution in [2.45, 2.75) is 26.3 Å². The van der Waals surface area contributed by atoms with Crippen molar-refractivity contribution >= 4 is 23.3 Å². The Morgan fingerprint density at radius 3 is 2.36 bits per heavy atom. The maximum atomic E-state index is 12.1. The molecule has 3 rings (SSSR count). The van der Waals surface area contributed by atoms with Crippen LogP contribution < -0.4 is 16.0 Å². The molecule has 3 amide bonds. The molecule has 144 valence electrons. The van der Waals surface area contributed by atoms with Crippen LogP contribution in [-0.2, 0) is 17.8 Å². The molecule has 6 heteroatoms. The van der Waals surface area contributed by atoms with Gasteiger partial charge in [0.2, 0.25) is 5.91 Å². The first-order chi connectivity index (χ1) is 13.6. The van der Waals surface area contributed by atoms with Gasteiger partial charge in [0.15, 0.2) is 0 Å². The van der Waals surface area contributed by atoms with Crippen LogP contribution >= 0.6 is 0 Å². The summed E-state index contributed by atoms with van der Waals surface area (Å²) < 4.78 is 5.16. The molecule has 0 radical (unpaired) electrons. The number of hydrogen-bond donors (Lipinski definition) is 3. The summed E-state index contributed by atoms with van der Waals surface area (Å²) in [5.41, 5.74) is 3.66. The molecule has 0 saturated carbocycles. The summed E-state index contributed by atoms with van der Waals surface area (Å²) in [4.78, 5) is 24.0. The van der Waals surface area contributed by atoms with Crippen molar-refractivity contribution in [1.29, 1.82) is 0 Å². The summed E-state index contributed by atoms with van der Waals surface area (Å²) in [5.74, 6) is 0.636. The van der Waals surface area contributed by atoms with Gasteiger partial charge in [-0.2, -0.15) is 0 Å². The molecule has 1 aromatic heterocycles. The van der Waals surface area contributed by atoms with E-state index in [2.05, 4.69) is 22.0 Å². The van der Waals surface area contributed by atoms with Gasteiger partial charge in [-0.1, -0.05) is 29.8 Å². The largest absolute Gasteiger partial charge is 0.467 e. The van der Waals surface area contributed by atoms with Crippen LogP contribution in [0, 0.1) is 6.92 Å². The number of urea groups is 1. The number of nitrogens with one attached hydrogen (secondary N) is 3. The van der Waals surface area contributed by atoms with E-state index in [9.17, 15) is 9.59 Å². The standard InChI is InChI=1S/C22H23N3O3/c1-16-4-2-5-17(14-16)7-12-21(26)24-18-8-10-19(11-9-18)25-22(27)23-15-20-6-3-13-28-20/h2-6,8-11,13-14H,7,12,15H2,1H3,(H,24,26)(H2,23,25,27). The maximum absolute atomic E-state index is 12.1. The molecule has 0 atom stereocenters. The first kappa shape index (κ1) is 19.2. The lowest BCUT2D eigenvalue weighted by atomic mass is 10.1. The van der Waals surface area contributed by atoms with Crippen molar-refractivity contribution in [2.75, 3.05) is 10.6 Å². The van der Waals surface area contributed by atoms with Crippen molar-refractivity contribution in [1.82, 2.24) is 5.32 Å². The Labute approximate surface area is 164 Å². The highest BCUT2D eigenvalue weighted by atomic mass is 16.3. The second kappa shape index (κ2) is 9.41. The van der Waals surface area contributed by atoms with Crippen LogP contribution in [0.5, 0.6) is 0 Å². The predicted molar refractivity (Wildman–Crippen MR) is 109 cm³/mol. The van der Waals surface area contributed by atoms with Gasteiger partial charge in [0.25, 0.3) is 0 Å². The summed E-state index contributed by atoms with van der Waals surface area (Å²) in [6.07, 6.45) is 2.67. The number of benzene rings is 2. The minimum Gasteiger partial charge on any atom is -0.467 e. The SMILES string of the molecule is Cc1cccc(CCC(=O)Nc2ccc(NC(=O)NCc3ccco3)cc2)c1. The molecular weight excluding hydrogens is 354 g/mol. The molecule has 0 fully saturated rings. The molecular formula is C22H23N3O3. The maximum Gasteiger partial charge on any atom is 0.319 e. The Balaban J connectivity index is 1.43. The quantitative estimate of drug-likeness (QED) is 0.568. The van der Waals surface area contributed by atoms with Gasteiger partial charge < -0.3 is 20.4 Å². The summed E-state index contributed by atoms with van der Waals surface area (Å²) in [6.45, 7) is 2.35. The van der Waals surface area contributed by atoms with E-state index in [1.54, 1.807) is 42.7 Å². The first-order valence-corrected chi connectivity index (χ1v) is 9.11. The van der Waals surface area contributed by atoms with E-state index in [-0.39, 0.29) is 11.9 Å². The van der Waals surface area contributed by atoms with Crippen molar-refractivity contribution in [3.63, 3.8) is 0 Å². The zero-order chi connectivity index (χ0) is 19.8. The summed E-state index contributed by atoms with van der Waals surface area (Å²) in [6, 6.07) is 18.4. The van der Waals surface area contributed by atoms with Crippen LogP contribution in [0.4, 0.5) is 16.2 Å². The second-order valence-corrected chi connectivity index (χ2v) is 6.50. The molecule has 1 heterocycles. The highest BCUT2D eigenvalue weighted by molar-refractivity contribution is 5.92. The first-order valence-electron chi connectivity index (χ1n) is 9.11. The fraction of sp³-hybridized carbons (Fsp3) is 0.182. The number of amides is 3. The number of furan rings is 1. The molecule has 0 aliphatic heterocycles. The molecule has 2 aromatic carbocycles. The number of hydrogen-bond acceptors (Lipinski definition) is 3. The molecule has 0 spiro atoms. The molecule has 3 aromatic rings. The van der Waals surface area contributed by atoms with Gasteiger partial charge in [-0.05, 0) is 55.3 Å². The van der Waals surface area contributed by atoms with Crippen LogP contribution in [-0.4, -0.2) is 11.9 Å². The Morgan fingerprint density at radius 1 is 0.929 bits per heavy atom. The Hall–Kier alpha value is -3.54. The van der Waals surface area contributed by atoms with Crippen LogP contribution in [0.1, 0.15) is 23.3 Å². The molecule has 3 N–H and O–H groups in total. The second-order valence-electron chi connectivity index (χ2n) is 6.50. The Bertz CT molecular complexity index is 918. The van der Waals surface area contributed by atoms with Crippen molar-refractivity contribution in [3.8, 4) is 0 Å². The lowest BCUT2D eigenvalue weighted by Crippen LogP contribution is -2.27. The van der Waals surface area contributed by atoms with Gasteiger partial charge in [-0.3, -0.25) is 4.79 Å². The lowest BCUT2D eigenvalue weighted by Gasteiger charge is -2.09. The van der Waals surface area contributed by atoms with E-state index in [1.807, 2.05) is 25.1 Å². The normalized spacial score (nSPS) is 10.3. The van der Waals surface area contributed by atoms with E-state index in [0.29, 0.717) is 36.5 Å². The summed E-state index contributed by atoms with van der Waals surface area (Å²) in [7, 11) is 0. The van der Waals surface area contributed by atoms with E-state index >= 15 is 0 Å². The highest BCUT2D eigenvalue weighted by Crippen LogP contribution is 2.14. The highest BCUT2D eigenvalue weighted by Gasteiger charge is 2.06. The Kier molecular flexibility index (Phi) is 6.46. The third kappa shape index (κ3) is 6.02. The van der Waals surface area contributed by atoms with Crippen LogP contribution in [0.15, 0.2) is 71.3 Å². The predicted octanol–water partition coefficient (Wildman–Crippen LogP) is 4.48. The number of anilines is 2.